The van der Waals surface area contributed by atoms with Crippen LogP contribution in [0.2, 0.25) is 0 Å². The average molecular weight is 764 g/mol. The zero-order chi connectivity index (χ0) is 37.4. The van der Waals surface area contributed by atoms with Crippen molar-refractivity contribution in [3.05, 3.63) is 140 Å². The van der Waals surface area contributed by atoms with Gasteiger partial charge in [-0.2, -0.15) is 0 Å². The molecule has 0 bridgehead atoms. The van der Waals surface area contributed by atoms with Crippen molar-refractivity contribution in [1.29, 1.82) is 0 Å². The van der Waals surface area contributed by atoms with Crippen LogP contribution in [0.4, 0.5) is 11.4 Å². The number of rotatable bonds is 10. The van der Waals surface area contributed by atoms with E-state index in [1.54, 1.807) is 69.2 Å². The Morgan fingerprint density at radius 2 is 0.943 bits per heavy atom. The van der Waals surface area contributed by atoms with Gasteiger partial charge in [0.1, 0.15) is 11.5 Å². The molecule has 0 aliphatic rings. The summed E-state index contributed by atoms with van der Waals surface area (Å²) in [7, 11) is 3.61. The van der Waals surface area contributed by atoms with Crippen LogP contribution >= 0.6 is 0 Å². The first kappa shape index (κ1) is 39.7. The third kappa shape index (κ3) is 8.54. The van der Waals surface area contributed by atoms with Crippen LogP contribution in [-0.2, 0) is 31.2 Å². The van der Waals surface area contributed by atoms with Gasteiger partial charge in [-0.3, -0.25) is 19.0 Å². The van der Waals surface area contributed by atoms with Crippen LogP contribution in [0, 0.1) is 13.8 Å². The van der Waals surface area contributed by atoms with Crippen molar-refractivity contribution in [2.45, 2.75) is 27.7 Å². The molecule has 0 N–H and O–H groups in total. The molecule has 0 amide bonds. The van der Waals surface area contributed by atoms with E-state index in [2.05, 4.69) is 9.98 Å². The van der Waals surface area contributed by atoms with Crippen LogP contribution in [0.25, 0.3) is 11.4 Å². The molecule has 6 rings (SSSR count). The van der Waals surface area contributed by atoms with Gasteiger partial charge in [-0.05, 0) is 75.2 Å². The quantitative estimate of drug-likeness (QED) is 0.135. The van der Waals surface area contributed by atoms with Crippen molar-refractivity contribution in [3.63, 3.8) is 0 Å². The average Bonchev–Trinajstić information content (AvgIpc) is 3.50. The van der Waals surface area contributed by atoms with Gasteiger partial charge < -0.3 is 19.7 Å². The summed E-state index contributed by atoms with van der Waals surface area (Å²) in [5.41, 5.74) is 3.83. The summed E-state index contributed by atoms with van der Waals surface area (Å²) in [6, 6.07) is 28.7. The molecule has 277 valence electrons. The third-order valence-electron chi connectivity index (χ3n) is 8.33. The zero-order valence-electron chi connectivity index (χ0n) is 30.2. The summed E-state index contributed by atoms with van der Waals surface area (Å²) in [4.78, 5) is 34.2. The molecule has 4 aromatic carbocycles. The Morgan fingerprint density at radius 1 is 0.585 bits per heavy atom. The van der Waals surface area contributed by atoms with E-state index in [4.69, 9.17) is 9.47 Å². The van der Waals surface area contributed by atoms with E-state index in [1.165, 1.54) is 12.4 Å². The summed E-state index contributed by atoms with van der Waals surface area (Å²) in [6.45, 7) is 8.11. The maximum Gasteiger partial charge on any atom is 2.00 e. The van der Waals surface area contributed by atoms with Crippen molar-refractivity contribution in [2.24, 2.45) is 24.1 Å². The number of aromatic nitrogens is 4. The number of hydrogen-bond acceptors (Lipinski definition) is 8. The van der Waals surface area contributed by atoms with E-state index >= 15 is 0 Å². The Morgan fingerprint density at radius 3 is 1.28 bits per heavy atom. The van der Waals surface area contributed by atoms with E-state index in [1.807, 2.05) is 88.4 Å². The molecule has 6 aromatic rings. The van der Waals surface area contributed by atoms with E-state index < -0.39 is 0 Å². The molecule has 1 radical (unpaired) electrons. The molecule has 0 aliphatic carbocycles. The van der Waals surface area contributed by atoms with Gasteiger partial charge in [0.15, 0.2) is 11.4 Å². The smallest absolute Gasteiger partial charge is 0.870 e. The Balaban J connectivity index is 0.000000232. The largest absolute Gasteiger partial charge is 2.00 e. The normalized spacial score (nSPS) is 11.0. The van der Waals surface area contributed by atoms with Crippen molar-refractivity contribution in [3.8, 4) is 34.4 Å². The molecule has 53 heavy (non-hydrogen) atoms. The minimum Gasteiger partial charge on any atom is -0.870 e. The van der Waals surface area contributed by atoms with Gasteiger partial charge in [-0.15, -0.1) is 0 Å². The Kier molecular flexibility index (Phi) is 13.5. The van der Waals surface area contributed by atoms with Crippen LogP contribution in [-0.4, -0.2) is 44.4 Å². The van der Waals surface area contributed by atoms with Crippen LogP contribution in [0.3, 0.4) is 0 Å². The second kappa shape index (κ2) is 17.9. The van der Waals surface area contributed by atoms with Gasteiger partial charge in [0.05, 0.1) is 36.0 Å². The maximum absolute atomic E-state index is 12.8. The zero-order valence-corrected chi connectivity index (χ0v) is 31.2. The predicted octanol–water partition coefficient (Wildman–Crippen LogP) is 5.41. The van der Waals surface area contributed by atoms with E-state index in [0.717, 1.165) is 11.4 Å². The van der Waals surface area contributed by atoms with Gasteiger partial charge in [-0.1, -0.05) is 72.2 Å². The monoisotopic (exact) mass is 763 g/mol. The molecule has 0 fully saturated rings. The molecule has 0 spiro atoms. The van der Waals surface area contributed by atoms with Gasteiger partial charge in [0.2, 0.25) is 0 Å². The van der Waals surface area contributed by atoms with Gasteiger partial charge >= 0.3 is 17.1 Å². The molecular weight excluding hydrogens is 724 g/mol. The summed E-state index contributed by atoms with van der Waals surface area (Å²) in [6.07, 6.45) is 2.84. The fraction of sp³-hybridized carbons (Fsp3) is 0.200. The minimum atomic E-state index is -0.241. The van der Waals surface area contributed by atoms with Crippen molar-refractivity contribution < 1.29 is 36.8 Å². The molecule has 2 heterocycles. The number of nitrogens with zero attached hydrogens (tertiary/aromatic N) is 6. The molecule has 0 saturated carbocycles. The number of aliphatic imine (C=N–C) groups is 2. The van der Waals surface area contributed by atoms with Gasteiger partial charge in [-0.25, -0.2) is 19.3 Å². The summed E-state index contributed by atoms with van der Waals surface area (Å²) < 4.78 is 17.2. The number of hydrogen-bond donors (Lipinski definition) is 0. The number of para-hydroxylation sites is 4. The van der Waals surface area contributed by atoms with Crippen molar-refractivity contribution in [2.75, 3.05) is 13.2 Å². The van der Waals surface area contributed by atoms with Gasteiger partial charge in [0.25, 0.3) is 11.1 Å². The fourth-order valence-corrected chi connectivity index (χ4v) is 5.48. The first-order chi connectivity index (χ1) is 25.1. The summed E-state index contributed by atoms with van der Waals surface area (Å²) in [5, 5.41) is 24.7. The van der Waals surface area contributed by atoms with Crippen LogP contribution in [0.5, 0.6) is 23.0 Å². The van der Waals surface area contributed by atoms with Crippen molar-refractivity contribution in [1.82, 2.24) is 18.7 Å². The topological polar surface area (TPSA) is 143 Å². The van der Waals surface area contributed by atoms with E-state index in [0.29, 0.717) is 47.1 Å². The molecular formula is C40H40CuN6O6. The van der Waals surface area contributed by atoms with E-state index in [-0.39, 0.29) is 51.2 Å². The fourth-order valence-electron chi connectivity index (χ4n) is 5.48. The standard InChI is InChI=1S/2C20H21N3O3.Cu/c2*1-4-26-17-12-8-9-15(19(17)24)13-21-18-14(2)22(3)23(20(18)25)16-10-6-5-7-11-16;/h2*5-13,24H,4H2,1-3H3;/q;;+2/p-2. The molecule has 0 aliphatic heterocycles. The molecule has 13 heteroatoms. The van der Waals surface area contributed by atoms with Crippen LogP contribution < -0.4 is 30.8 Å². The molecule has 0 atom stereocenters. The molecule has 0 saturated heterocycles. The Bertz CT molecular complexity index is 2170. The Labute approximate surface area is 318 Å². The Hall–Kier alpha value is -6.04. The number of benzene rings is 4. The van der Waals surface area contributed by atoms with E-state index in [9.17, 15) is 19.8 Å². The number of ether oxygens (including phenoxy) is 2. The first-order valence-electron chi connectivity index (χ1n) is 16.7. The molecule has 2 aromatic heterocycles. The predicted molar refractivity (Wildman–Crippen MR) is 200 cm³/mol. The second-order valence-corrected chi connectivity index (χ2v) is 11.6. The minimum absolute atomic E-state index is 0. The third-order valence-corrected chi connectivity index (χ3v) is 8.33. The van der Waals surface area contributed by atoms with Crippen LogP contribution in [0.15, 0.2) is 117 Å². The molecule has 0 unspecified atom stereocenters. The second-order valence-electron chi connectivity index (χ2n) is 11.6. The van der Waals surface area contributed by atoms with Gasteiger partial charge in [0, 0.05) is 26.5 Å². The first-order valence-corrected chi connectivity index (χ1v) is 16.7. The SMILES string of the molecule is CCOc1cccc(C=Nc2c(C)n(C)n(-c3ccccc3)c2=O)c1[O-].CCOc1cccc(C=Nc2c(C)n(C)n(-c3ccccc3)c2=O)c1[O-].[Cu+2]. The summed E-state index contributed by atoms with van der Waals surface area (Å²) >= 11 is 0. The van der Waals surface area contributed by atoms with Crippen molar-refractivity contribution >= 4 is 23.8 Å². The maximum atomic E-state index is 12.8. The van der Waals surface area contributed by atoms with Crippen LogP contribution in [0.1, 0.15) is 36.4 Å². The molecule has 12 nitrogen and oxygen atoms in total. The summed E-state index contributed by atoms with van der Waals surface area (Å²) in [5.74, 6) is 0.0796.